The SMILES string of the molecule is Cc1nc(N)nc(N)c1N1CCN(c2ccc(C(=O)O)cc2)C(I)C1. The number of hydrogen-bond acceptors (Lipinski definition) is 7. The fraction of sp³-hybridized carbons (Fsp3) is 0.312. The molecule has 1 saturated heterocycles. The molecule has 1 aromatic heterocycles. The van der Waals surface area contributed by atoms with Gasteiger partial charge in [-0.15, -0.1) is 0 Å². The highest BCUT2D eigenvalue weighted by molar-refractivity contribution is 14.1. The number of aromatic carboxylic acids is 1. The largest absolute Gasteiger partial charge is 0.478 e. The van der Waals surface area contributed by atoms with E-state index in [2.05, 4.69) is 42.4 Å². The molecule has 1 aromatic carbocycles. The number of nitrogens with two attached hydrogens (primary N) is 2. The van der Waals surface area contributed by atoms with Crippen LogP contribution < -0.4 is 21.3 Å². The summed E-state index contributed by atoms with van der Waals surface area (Å²) < 4.78 is 0.193. The summed E-state index contributed by atoms with van der Waals surface area (Å²) in [7, 11) is 0. The van der Waals surface area contributed by atoms with Crippen LogP contribution in [0.25, 0.3) is 0 Å². The number of aryl methyl sites for hydroxylation is 1. The summed E-state index contributed by atoms with van der Waals surface area (Å²) in [5.74, 6) is -0.341. The van der Waals surface area contributed by atoms with E-state index in [9.17, 15) is 4.79 Å². The van der Waals surface area contributed by atoms with E-state index in [1.54, 1.807) is 12.1 Å². The molecule has 1 fully saturated rings. The summed E-state index contributed by atoms with van der Waals surface area (Å²) in [6, 6.07) is 6.94. The number of carboxylic acid groups (broad SMARTS) is 1. The zero-order valence-electron chi connectivity index (χ0n) is 13.7. The first-order valence-electron chi connectivity index (χ1n) is 7.75. The number of benzene rings is 1. The number of rotatable bonds is 3. The molecule has 0 saturated carbocycles. The van der Waals surface area contributed by atoms with E-state index in [0.717, 1.165) is 36.7 Å². The van der Waals surface area contributed by atoms with E-state index in [-0.39, 0.29) is 15.6 Å². The van der Waals surface area contributed by atoms with Crippen LogP contribution >= 0.6 is 22.6 Å². The third-order valence-corrected chi connectivity index (χ3v) is 5.25. The Bertz CT molecular complexity index is 775. The first-order chi connectivity index (χ1) is 11.9. The maximum absolute atomic E-state index is 11.0. The van der Waals surface area contributed by atoms with Crippen molar-refractivity contribution in [3.8, 4) is 0 Å². The Morgan fingerprint density at radius 1 is 1.24 bits per heavy atom. The molecule has 132 valence electrons. The molecular formula is C16H19IN6O2. The predicted molar refractivity (Wildman–Crippen MR) is 106 cm³/mol. The highest BCUT2D eigenvalue weighted by Gasteiger charge is 2.28. The average Bonchev–Trinajstić information content (AvgIpc) is 2.54. The maximum atomic E-state index is 11.0. The number of anilines is 4. The second-order valence-electron chi connectivity index (χ2n) is 5.83. The summed E-state index contributed by atoms with van der Waals surface area (Å²) in [6.07, 6.45) is 0. The van der Waals surface area contributed by atoms with Crippen molar-refractivity contribution in [3.63, 3.8) is 0 Å². The van der Waals surface area contributed by atoms with Gasteiger partial charge in [-0.05, 0) is 31.2 Å². The molecule has 3 rings (SSSR count). The van der Waals surface area contributed by atoms with Gasteiger partial charge in [-0.3, -0.25) is 0 Å². The zero-order valence-corrected chi connectivity index (χ0v) is 15.8. The van der Waals surface area contributed by atoms with Crippen molar-refractivity contribution in [2.24, 2.45) is 0 Å². The number of nitrogens with zero attached hydrogens (tertiary/aromatic N) is 4. The number of alkyl halides is 1. The molecule has 1 unspecified atom stereocenters. The number of carboxylic acids is 1. The fourth-order valence-electron chi connectivity index (χ4n) is 3.03. The van der Waals surface area contributed by atoms with Gasteiger partial charge in [0.1, 0.15) is 5.69 Å². The van der Waals surface area contributed by atoms with Gasteiger partial charge in [-0.2, -0.15) is 4.98 Å². The summed E-state index contributed by atoms with van der Waals surface area (Å²) in [5, 5.41) is 9.02. The van der Waals surface area contributed by atoms with Crippen LogP contribution in [-0.2, 0) is 0 Å². The topological polar surface area (TPSA) is 122 Å². The monoisotopic (exact) mass is 454 g/mol. The van der Waals surface area contributed by atoms with Crippen molar-refractivity contribution in [3.05, 3.63) is 35.5 Å². The third kappa shape index (κ3) is 3.55. The second-order valence-corrected chi connectivity index (χ2v) is 7.26. The number of hydrogen-bond donors (Lipinski definition) is 3. The van der Waals surface area contributed by atoms with Gasteiger partial charge in [-0.25, -0.2) is 9.78 Å². The van der Waals surface area contributed by atoms with Crippen LogP contribution in [0.5, 0.6) is 0 Å². The van der Waals surface area contributed by atoms with Gasteiger partial charge in [0.25, 0.3) is 0 Å². The van der Waals surface area contributed by atoms with Gasteiger partial charge >= 0.3 is 5.97 Å². The van der Waals surface area contributed by atoms with Crippen molar-refractivity contribution >= 4 is 51.7 Å². The number of piperazine rings is 1. The molecule has 2 aromatic rings. The Hall–Kier alpha value is -2.30. The summed E-state index contributed by atoms with van der Waals surface area (Å²) >= 11 is 2.38. The lowest BCUT2D eigenvalue weighted by Gasteiger charge is -2.41. The first-order valence-corrected chi connectivity index (χ1v) is 9.00. The van der Waals surface area contributed by atoms with Gasteiger partial charge in [0.15, 0.2) is 5.82 Å². The van der Waals surface area contributed by atoms with Crippen molar-refractivity contribution in [2.75, 3.05) is 40.9 Å². The van der Waals surface area contributed by atoms with Crippen molar-refractivity contribution < 1.29 is 9.90 Å². The molecule has 1 atom stereocenters. The van der Waals surface area contributed by atoms with E-state index < -0.39 is 5.97 Å². The summed E-state index contributed by atoms with van der Waals surface area (Å²) in [6.45, 7) is 4.17. The Labute approximate surface area is 159 Å². The van der Waals surface area contributed by atoms with Crippen molar-refractivity contribution in [1.29, 1.82) is 0 Å². The highest BCUT2D eigenvalue weighted by atomic mass is 127. The lowest BCUT2D eigenvalue weighted by atomic mass is 10.1. The van der Waals surface area contributed by atoms with E-state index in [0.29, 0.717) is 5.82 Å². The number of nitrogen functional groups attached to an aromatic ring is 2. The van der Waals surface area contributed by atoms with Crippen LogP contribution in [-0.4, -0.2) is 44.7 Å². The highest BCUT2D eigenvalue weighted by Crippen LogP contribution is 2.31. The molecule has 1 aliphatic rings. The van der Waals surface area contributed by atoms with Crippen molar-refractivity contribution in [1.82, 2.24) is 9.97 Å². The molecule has 0 amide bonds. The molecule has 0 aliphatic carbocycles. The van der Waals surface area contributed by atoms with Crippen LogP contribution in [0.15, 0.2) is 24.3 Å². The van der Waals surface area contributed by atoms with Gasteiger partial charge in [0.2, 0.25) is 5.95 Å². The molecule has 0 spiro atoms. The Balaban J connectivity index is 1.78. The Morgan fingerprint density at radius 2 is 1.92 bits per heavy atom. The van der Waals surface area contributed by atoms with Crippen LogP contribution in [0.4, 0.5) is 23.1 Å². The average molecular weight is 454 g/mol. The number of aromatic nitrogens is 2. The zero-order chi connectivity index (χ0) is 18.1. The minimum absolute atomic E-state index is 0.182. The van der Waals surface area contributed by atoms with Crippen LogP contribution in [0.2, 0.25) is 0 Å². The van der Waals surface area contributed by atoms with E-state index >= 15 is 0 Å². The second kappa shape index (κ2) is 6.90. The maximum Gasteiger partial charge on any atom is 0.335 e. The molecule has 9 heteroatoms. The molecule has 8 nitrogen and oxygen atoms in total. The van der Waals surface area contributed by atoms with E-state index in [1.807, 2.05) is 19.1 Å². The molecule has 0 bridgehead atoms. The lowest BCUT2D eigenvalue weighted by Crippen LogP contribution is -2.51. The minimum Gasteiger partial charge on any atom is -0.478 e. The van der Waals surface area contributed by atoms with E-state index in [1.165, 1.54) is 0 Å². The van der Waals surface area contributed by atoms with Gasteiger partial charge in [-0.1, -0.05) is 22.6 Å². The Morgan fingerprint density at radius 3 is 2.48 bits per heavy atom. The van der Waals surface area contributed by atoms with Crippen LogP contribution in [0.3, 0.4) is 0 Å². The normalized spacial score (nSPS) is 17.6. The van der Waals surface area contributed by atoms with Crippen LogP contribution in [0.1, 0.15) is 16.1 Å². The molecule has 25 heavy (non-hydrogen) atoms. The number of halogens is 1. The molecular weight excluding hydrogens is 435 g/mol. The Kier molecular flexibility index (Phi) is 4.84. The summed E-state index contributed by atoms with van der Waals surface area (Å²) in [5.41, 5.74) is 14.6. The minimum atomic E-state index is -0.920. The van der Waals surface area contributed by atoms with E-state index in [4.69, 9.17) is 16.6 Å². The quantitative estimate of drug-likeness (QED) is 0.364. The smallest absolute Gasteiger partial charge is 0.335 e. The third-order valence-electron chi connectivity index (χ3n) is 4.18. The van der Waals surface area contributed by atoms with Gasteiger partial charge < -0.3 is 26.4 Å². The predicted octanol–water partition coefficient (Wildman–Crippen LogP) is 1.74. The van der Waals surface area contributed by atoms with Gasteiger partial charge in [0, 0.05) is 25.3 Å². The first kappa shape index (κ1) is 17.5. The standard InChI is InChI=1S/C16H19IN6O2/c1-9-13(14(18)21-16(19)20-9)22-6-7-23(12(17)8-22)11-4-2-10(3-5-11)15(24)25/h2-5,12H,6-8H2,1H3,(H,24,25)(H4,18,19,20,21). The van der Waals surface area contributed by atoms with Gasteiger partial charge in [0.05, 0.1) is 15.3 Å². The summed E-state index contributed by atoms with van der Waals surface area (Å²) in [4.78, 5) is 23.7. The van der Waals surface area contributed by atoms with Crippen molar-refractivity contribution in [2.45, 2.75) is 11.0 Å². The fourth-order valence-corrected chi connectivity index (χ4v) is 4.11. The lowest BCUT2D eigenvalue weighted by molar-refractivity contribution is 0.0697. The molecule has 2 heterocycles. The molecule has 5 N–H and O–H groups in total. The van der Waals surface area contributed by atoms with Crippen LogP contribution in [0, 0.1) is 6.92 Å². The molecule has 0 radical (unpaired) electrons. The molecule has 1 aliphatic heterocycles. The number of carbonyl (C=O) groups is 1.